The number of methoxy groups -OCH3 is 1. The maximum Gasteiger partial charge on any atom is 0.335 e. The van der Waals surface area contributed by atoms with Crippen molar-refractivity contribution in [3.8, 4) is 5.75 Å². The highest BCUT2D eigenvalue weighted by Gasteiger charge is 2.14. The van der Waals surface area contributed by atoms with E-state index >= 15 is 0 Å². The van der Waals surface area contributed by atoms with Crippen molar-refractivity contribution in [2.45, 2.75) is 13.8 Å². The van der Waals surface area contributed by atoms with E-state index < -0.39 is 5.97 Å². The van der Waals surface area contributed by atoms with Crippen molar-refractivity contribution in [3.63, 3.8) is 0 Å². The molecule has 0 aromatic heterocycles. The van der Waals surface area contributed by atoms with Crippen LogP contribution in [0.4, 0.5) is 10.5 Å². The Bertz CT molecular complexity index is 500. The highest BCUT2D eigenvalue weighted by molar-refractivity contribution is 5.94. The molecule has 2 amide bonds. The number of ether oxygens (including phenoxy) is 1. The van der Waals surface area contributed by atoms with Crippen molar-refractivity contribution in [1.29, 1.82) is 0 Å². The predicted molar refractivity (Wildman–Crippen MR) is 76.4 cm³/mol. The lowest BCUT2D eigenvalue weighted by Crippen LogP contribution is -2.34. The zero-order valence-electron chi connectivity index (χ0n) is 12.1. The fourth-order valence-electron chi connectivity index (χ4n) is 1.78. The number of anilines is 1. The standard InChI is InChI=1S/C14H20N2O4/c1-9(2)8-16(3)14(19)15-11-7-10(13(17)18)5-6-12(11)20-4/h5-7,9H,8H2,1-4H3,(H,15,19)(H,17,18). The number of amides is 2. The Morgan fingerprint density at radius 2 is 2.05 bits per heavy atom. The van der Waals surface area contributed by atoms with Crippen molar-refractivity contribution < 1.29 is 19.4 Å². The summed E-state index contributed by atoms with van der Waals surface area (Å²) in [6, 6.07) is 4.01. The fraction of sp³-hybridized carbons (Fsp3) is 0.429. The summed E-state index contributed by atoms with van der Waals surface area (Å²) in [4.78, 5) is 24.5. The molecule has 6 nitrogen and oxygen atoms in total. The topological polar surface area (TPSA) is 78.9 Å². The first-order valence-corrected chi connectivity index (χ1v) is 6.28. The Morgan fingerprint density at radius 1 is 1.40 bits per heavy atom. The van der Waals surface area contributed by atoms with Gasteiger partial charge in [-0.2, -0.15) is 0 Å². The van der Waals surface area contributed by atoms with Crippen LogP contribution in [0.3, 0.4) is 0 Å². The molecule has 1 rings (SSSR count). The molecule has 0 saturated heterocycles. The number of carbonyl (C=O) groups excluding carboxylic acids is 1. The van der Waals surface area contributed by atoms with E-state index in [1.165, 1.54) is 30.2 Å². The lowest BCUT2D eigenvalue weighted by molar-refractivity contribution is 0.0697. The van der Waals surface area contributed by atoms with Crippen LogP contribution in [0.5, 0.6) is 5.75 Å². The lowest BCUT2D eigenvalue weighted by atomic mass is 10.2. The average Bonchev–Trinajstić information content (AvgIpc) is 2.37. The summed E-state index contributed by atoms with van der Waals surface area (Å²) in [6.45, 7) is 4.62. The van der Waals surface area contributed by atoms with Gasteiger partial charge in [0.25, 0.3) is 0 Å². The number of nitrogens with one attached hydrogen (secondary N) is 1. The normalized spacial score (nSPS) is 10.2. The van der Waals surface area contributed by atoms with Gasteiger partial charge in [0.1, 0.15) is 5.75 Å². The number of benzene rings is 1. The van der Waals surface area contributed by atoms with Crippen LogP contribution >= 0.6 is 0 Å². The zero-order valence-corrected chi connectivity index (χ0v) is 12.1. The molecule has 0 aliphatic heterocycles. The Labute approximate surface area is 118 Å². The highest BCUT2D eigenvalue weighted by atomic mass is 16.5. The van der Waals surface area contributed by atoms with Crippen LogP contribution in [-0.2, 0) is 0 Å². The maximum atomic E-state index is 12.0. The Kier molecular flexibility index (Phi) is 5.37. The second-order valence-corrected chi connectivity index (χ2v) is 4.92. The van der Waals surface area contributed by atoms with Gasteiger partial charge in [-0.1, -0.05) is 13.8 Å². The van der Waals surface area contributed by atoms with E-state index in [0.717, 1.165) is 0 Å². The molecule has 0 heterocycles. The summed E-state index contributed by atoms with van der Waals surface area (Å²) in [5.74, 6) is -0.294. The SMILES string of the molecule is COc1ccc(C(=O)O)cc1NC(=O)N(C)CC(C)C. The maximum absolute atomic E-state index is 12.0. The largest absolute Gasteiger partial charge is 0.495 e. The molecular formula is C14H20N2O4. The third kappa shape index (κ3) is 4.15. The zero-order chi connectivity index (χ0) is 15.3. The molecule has 0 unspecified atom stereocenters. The smallest absolute Gasteiger partial charge is 0.335 e. The molecular weight excluding hydrogens is 260 g/mol. The number of nitrogens with zero attached hydrogens (tertiary/aromatic N) is 1. The molecule has 110 valence electrons. The third-order valence-electron chi connectivity index (χ3n) is 2.67. The minimum absolute atomic E-state index is 0.0904. The van der Waals surface area contributed by atoms with Gasteiger partial charge in [-0.15, -0.1) is 0 Å². The van der Waals surface area contributed by atoms with Crippen molar-refractivity contribution >= 4 is 17.7 Å². The van der Waals surface area contributed by atoms with E-state index in [2.05, 4.69) is 5.32 Å². The van der Waals surface area contributed by atoms with E-state index in [1.54, 1.807) is 7.05 Å². The summed E-state index contributed by atoms with van der Waals surface area (Å²) in [7, 11) is 3.14. The molecule has 0 saturated carbocycles. The summed E-state index contributed by atoms with van der Waals surface area (Å²) < 4.78 is 5.12. The van der Waals surface area contributed by atoms with Crippen molar-refractivity contribution in [2.75, 3.05) is 26.0 Å². The number of hydrogen-bond donors (Lipinski definition) is 2. The second-order valence-electron chi connectivity index (χ2n) is 4.92. The van der Waals surface area contributed by atoms with Gasteiger partial charge in [-0.05, 0) is 24.1 Å². The van der Waals surface area contributed by atoms with Crippen LogP contribution in [0.25, 0.3) is 0 Å². The number of hydrogen-bond acceptors (Lipinski definition) is 3. The van der Waals surface area contributed by atoms with Gasteiger partial charge in [0.2, 0.25) is 0 Å². The molecule has 0 fully saturated rings. The number of aromatic carboxylic acids is 1. The monoisotopic (exact) mass is 280 g/mol. The first-order chi connectivity index (χ1) is 9.35. The number of carbonyl (C=O) groups is 2. The molecule has 2 N–H and O–H groups in total. The quantitative estimate of drug-likeness (QED) is 0.868. The van der Waals surface area contributed by atoms with E-state index in [9.17, 15) is 9.59 Å². The van der Waals surface area contributed by atoms with Gasteiger partial charge < -0.3 is 20.1 Å². The molecule has 0 atom stereocenters. The summed E-state index contributed by atoms with van der Waals surface area (Å²) in [5.41, 5.74) is 0.431. The Balaban J connectivity index is 2.92. The van der Waals surface area contributed by atoms with E-state index in [-0.39, 0.29) is 11.6 Å². The first kappa shape index (κ1) is 15.8. The predicted octanol–water partition coefficient (Wildman–Crippen LogP) is 2.51. The number of rotatable bonds is 5. The molecule has 1 aromatic rings. The van der Waals surface area contributed by atoms with Crippen LogP contribution in [0, 0.1) is 5.92 Å². The third-order valence-corrected chi connectivity index (χ3v) is 2.67. The van der Waals surface area contributed by atoms with Gasteiger partial charge in [0.05, 0.1) is 18.4 Å². The summed E-state index contributed by atoms with van der Waals surface area (Å²) in [6.07, 6.45) is 0. The van der Waals surface area contributed by atoms with Gasteiger partial charge in [0, 0.05) is 13.6 Å². The number of urea groups is 1. The van der Waals surface area contributed by atoms with Crippen LogP contribution in [-0.4, -0.2) is 42.7 Å². The van der Waals surface area contributed by atoms with Crippen molar-refractivity contribution in [1.82, 2.24) is 4.90 Å². The van der Waals surface area contributed by atoms with Crippen LogP contribution < -0.4 is 10.1 Å². The lowest BCUT2D eigenvalue weighted by Gasteiger charge is -2.20. The van der Waals surface area contributed by atoms with Gasteiger partial charge in [0.15, 0.2) is 0 Å². The number of carboxylic acid groups (broad SMARTS) is 1. The fourth-order valence-corrected chi connectivity index (χ4v) is 1.78. The molecule has 0 bridgehead atoms. The van der Waals surface area contributed by atoms with Crippen LogP contribution in [0.2, 0.25) is 0 Å². The molecule has 0 spiro atoms. The minimum Gasteiger partial charge on any atom is -0.495 e. The molecule has 0 aliphatic rings. The Hall–Kier alpha value is -2.24. The molecule has 20 heavy (non-hydrogen) atoms. The molecule has 0 radical (unpaired) electrons. The van der Waals surface area contributed by atoms with E-state index in [1.807, 2.05) is 13.8 Å². The van der Waals surface area contributed by atoms with E-state index in [4.69, 9.17) is 9.84 Å². The molecule has 1 aromatic carbocycles. The van der Waals surface area contributed by atoms with Crippen LogP contribution in [0.1, 0.15) is 24.2 Å². The second kappa shape index (κ2) is 6.79. The molecule has 6 heteroatoms. The van der Waals surface area contributed by atoms with Crippen molar-refractivity contribution in [2.24, 2.45) is 5.92 Å². The summed E-state index contributed by atoms with van der Waals surface area (Å²) >= 11 is 0. The van der Waals surface area contributed by atoms with Crippen LogP contribution in [0.15, 0.2) is 18.2 Å². The number of carboxylic acids is 1. The first-order valence-electron chi connectivity index (χ1n) is 6.28. The van der Waals surface area contributed by atoms with Gasteiger partial charge in [-0.3, -0.25) is 0 Å². The summed E-state index contributed by atoms with van der Waals surface area (Å²) in [5, 5.41) is 11.6. The highest BCUT2D eigenvalue weighted by Crippen LogP contribution is 2.25. The Morgan fingerprint density at radius 3 is 2.55 bits per heavy atom. The van der Waals surface area contributed by atoms with Crippen molar-refractivity contribution in [3.05, 3.63) is 23.8 Å². The minimum atomic E-state index is -1.06. The van der Waals surface area contributed by atoms with Gasteiger partial charge in [-0.25, -0.2) is 9.59 Å². The molecule has 0 aliphatic carbocycles. The van der Waals surface area contributed by atoms with Gasteiger partial charge >= 0.3 is 12.0 Å². The van der Waals surface area contributed by atoms with E-state index in [0.29, 0.717) is 23.9 Å². The average molecular weight is 280 g/mol.